The number of hydrogen-bond donors (Lipinski definition) is 1. The summed E-state index contributed by atoms with van der Waals surface area (Å²) >= 11 is 0. The fourth-order valence-electron chi connectivity index (χ4n) is 2.83. The molecular weight excluding hydrogens is 316 g/mol. The smallest absolute Gasteiger partial charge is 0.320 e. The second kappa shape index (κ2) is 6.75. The van der Waals surface area contributed by atoms with Gasteiger partial charge in [0.25, 0.3) is 5.69 Å². The molecule has 24 heavy (non-hydrogen) atoms. The molecule has 1 aromatic heterocycles. The summed E-state index contributed by atoms with van der Waals surface area (Å²) in [4.78, 5) is 27.7. The van der Waals surface area contributed by atoms with E-state index in [1.165, 1.54) is 12.1 Å². The maximum absolute atomic E-state index is 11.3. The first-order chi connectivity index (χ1) is 11.5. The number of non-ortho nitro benzene ring substituents is 1. The highest BCUT2D eigenvalue weighted by molar-refractivity contribution is 5.73. The van der Waals surface area contributed by atoms with Crippen LogP contribution in [0.15, 0.2) is 28.8 Å². The fourth-order valence-corrected chi connectivity index (χ4v) is 2.83. The van der Waals surface area contributed by atoms with Crippen molar-refractivity contribution in [3.8, 4) is 11.4 Å². The topological polar surface area (TPSA) is 123 Å². The Morgan fingerprint density at radius 1 is 1.46 bits per heavy atom. The number of carboxylic acid groups (broad SMARTS) is 1. The van der Waals surface area contributed by atoms with E-state index >= 15 is 0 Å². The largest absolute Gasteiger partial charge is 0.480 e. The summed E-state index contributed by atoms with van der Waals surface area (Å²) in [6.07, 6.45) is 2.41. The van der Waals surface area contributed by atoms with Gasteiger partial charge in [-0.05, 0) is 19.4 Å². The molecule has 1 saturated heterocycles. The van der Waals surface area contributed by atoms with E-state index < -0.39 is 16.9 Å². The Bertz CT molecular complexity index is 760. The number of hydrogen-bond acceptors (Lipinski definition) is 7. The number of likely N-dealkylation sites (tertiary alicyclic amines) is 1. The highest BCUT2D eigenvalue weighted by Crippen LogP contribution is 2.23. The molecule has 1 aliphatic rings. The first-order valence-corrected chi connectivity index (χ1v) is 7.59. The molecule has 0 aliphatic carbocycles. The molecule has 0 saturated carbocycles. The van der Waals surface area contributed by atoms with Gasteiger partial charge in [-0.25, -0.2) is 0 Å². The summed E-state index contributed by atoms with van der Waals surface area (Å²) in [5.74, 6) is -0.310. The molecule has 1 fully saturated rings. The molecule has 1 atom stereocenters. The van der Waals surface area contributed by atoms with Gasteiger partial charge in [-0.15, -0.1) is 0 Å². The van der Waals surface area contributed by atoms with Crippen LogP contribution in [0.4, 0.5) is 5.69 Å². The SMILES string of the molecule is O=C(O)C1CCCCN1Cc1nc(-c2cccc([N+](=O)[O-])c2)no1. The van der Waals surface area contributed by atoms with Gasteiger partial charge in [0, 0.05) is 17.7 Å². The van der Waals surface area contributed by atoms with Crippen LogP contribution in [0.5, 0.6) is 0 Å². The summed E-state index contributed by atoms with van der Waals surface area (Å²) in [5, 5.41) is 24.0. The van der Waals surface area contributed by atoms with Crippen molar-refractivity contribution in [3.05, 3.63) is 40.3 Å². The molecule has 0 spiro atoms. The van der Waals surface area contributed by atoms with E-state index in [9.17, 15) is 20.0 Å². The summed E-state index contributed by atoms with van der Waals surface area (Å²) in [6.45, 7) is 0.907. The maximum atomic E-state index is 11.3. The lowest BCUT2D eigenvalue weighted by atomic mass is 10.0. The molecule has 1 aliphatic heterocycles. The lowest BCUT2D eigenvalue weighted by molar-refractivity contribution is -0.384. The minimum absolute atomic E-state index is 0.0548. The lowest BCUT2D eigenvalue weighted by Gasteiger charge is -2.31. The third kappa shape index (κ3) is 3.40. The quantitative estimate of drug-likeness (QED) is 0.652. The summed E-state index contributed by atoms with van der Waals surface area (Å²) in [7, 11) is 0. The molecule has 3 rings (SSSR count). The molecule has 1 aromatic carbocycles. The van der Waals surface area contributed by atoms with Crippen LogP contribution < -0.4 is 0 Å². The molecule has 0 radical (unpaired) electrons. The third-order valence-electron chi connectivity index (χ3n) is 4.02. The van der Waals surface area contributed by atoms with Crippen molar-refractivity contribution >= 4 is 11.7 Å². The van der Waals surface area contributed by atoms with E-state index in [0.29, 0.717) is 24.4 Å². The molecule has 0 bridgehead atoms. The van der Waals surface area contributed by atoms with Crippen LogP contribution in [0.1, 0.15) is 25.2 Å². The van der Waals surface area contributed by atoms with Gasteiger partial charge in [-0.3, -0.25) is 19.8 Å². The zero-order chi connectivity index (χ0) is 17.1. The summed E-state index contributed by atoms with van der Waals surface area (Å²) in [5.41, 5.74) is 0.424. The number of rotatable bonds is 5. The Hall–Kier alpha value is -2.81. The van der Waals surface area contributed by atoms with Crippen molar-refractivity contribution in [1.29, 1.82) is 0 Å². The molecule has 126 valence electrons. The van der Waals surface area contributed by atoms with Crippen LogP contribution in [0.2, 0.25) is 0 Å². The Labute approximate surface area is 137 Å². The minimum Gasteiger partial charge on any atom is -0.480 e. The highest BCUT2D eigenvalue weighted by atomic mass is 16.6. The molecule has 0 amide bonds. The molecule has 1 N–H and O–H groups in total. The fraction of sp³-hybridized carbons (Fsp3) is 0.400. The number of carbonyl (C=O) groups is 1. The number of piperidine rings is 1. The van der Waals surface area contributed by atoms with E-state index in [1.807, 2.05) is 0 Å². The second-order valence-corrected chi connectivity index (χ2v) is 5.64. The Morgan fingerprint density at radius 2 is 2.29 bits per heavy atom. The van der Waals surface area contributed by atoms with Gasteiger partial charge in [0.05, 0.1) is 11.5 Å². The monoisotopic (exact) mass is 332 g/mol. The highest BCUT2D eigenvalue weighted by Gasteiger charge is 2.29. The van der Waals surface area contributed by atoms with Gasteiger partial charge in [0.15, 0.2) is 0 Å². The Morgan fingerprint density at radius 3 is 3.04 bits per heavy atom. The molecule has 9 heteroatoms. The van der Waals surface area contributed by atoms with Crippen LogP contribution in [-0.4, -0.2) is 43.6 Å². The van der Waals surface area contributed by atoms with E-state index in [2.05, 4.69) is 10.1 Å². The van der Waals surface area contributed by atoms with Gasteiger partial charge in [0.2, 0.25) is 11.7 Å². The van der Waals surface area contributed by atoms with Gasteiger partial charge in [-0.2, -0.15) is 4.98 Å². The lowest BCUT2D eigenvalue weighted by Crippen LogP contribution is -2.44. The molecule has 1 unspecified atom stereocenters. The summed E-state index contributed by atoms with van der Waals surface area (Å²) in [6, 6.07) is 5.41. The van der Waals surface area contributed by atoms with E-state index in [1.54, 1.807) is 17.0 Å². The van der Waals surface area contributed by atoms with Crippen LogP contribution in [0.3, 0.4) is 0 Å². The van der Waals surface area contributed by atoms with Crippen molar-refractivity contribution in [2.24, 2.45) is 0 Å². The number of carboxylic acids is 1. The third-order valence-corrected chi connectivity index (χ3v) is 4.02. The number of nitrogens with zero attached hydrogens (tertiary/aromatic N) is 4. The van der Waals surface area contributed by atoms with E-state index in [4.69, 9.17) is 4.52 Å². The number of nitro benzene ring substituents is 1. The van der Waals surface area contributed by atoms with Crippen molar-refractivity contribution in [1.82, 2.24) is 15.0 Å². The van der Waals surface area contributed by atoms with Crippen molar-refractivity contribution < 1.29 is 19.3 Å². The Kier molecular flexibility index (Phi) is 4.52. The van der Waals surface area contributed by atoms with Gasteiger partial charge < -0.3 is 9.63 Å². The molecular formula is C15H16N4O5. The van der Waals surface area contributed by atoms with Crippen LogP contribution in [0.25, 0.3) is 11.4 Å². The predicted molar refractivity (Wildman–Crippen MR) is 82.1 cm³/mol. The molecule has 2 aromatic rings. The first-order valence-electron chi connectivity index (χ1n) is 7.59. The first kappa shape index (κ1) is 16.1. The minimum atomic E-state index is -0.854. The predicted octanol–water partition coefficient (Wildman–Crippen LogP) is 2.08. The zero-order valence-corrected chi connectivity index (χ0v) is 12.8. The number of benzene rings is 1. The number of nitro groups is 1. The van der Waals surface area contributed by atoms with E-state index in [-0.39, 0.29) is 18.1 Å². The van der Waals surface area contributed by atoms with Gasteiger partial charge in [0.1, 0.15) is 6.04 Å². The number of aliphatic carboxylic acids is 1. The van der Waals surface area contributed by atoms with Crippen molar-refractivity contribution in [2.45, 2.75) is 31.8 Å². The second-order valence-electron chi connectivity index (χ2n) is 5.64. The van der Waals surface area contributed by atoms with Crippen LogP contribution >= 0.6 is 0 Å². The standard InChI is InChI=1S/C15H16N4O5/c20-15(21)12-6-1-2-7-18(12)9-13-16-14(17-24-13)10-4-3-5-11(8-10)19(22)23/h3-5,8,12H,1-2,6-7,9H2,(H,20,21). The Balaban J connectivity index is 1.77. The van der Waals surface area contributed by atoms with Crippen LogP contribution in [0, 0.1) is 10.1 Å². The normalized spacial score (nSPS) is 18.4. The zero-order valence-electron chi connectivity index (χ0n) is 12.8. The van der Waals surface area contributed by atoms with Crippen molar-refractivity contribution in [2.75, 3.05) is 6.54 Å². The molecule has 9 nitrogen and oxygen atoms in total. The average Bonchev–Trinajstić information content (AvgIpc) is 3.04. The number of aromatic nitrogens is 2. The summed E-state index contributed by atoms with van der Waals surface area (Å²) < 4.78 is 5.18. The molecule has 2 heterocycles. The van der Waals surface area contributed by atoms with Gasteiger partial charge >= 0.3 is 5.97 Å². The maximum Gasteiger partial charge on any atom is 0.320 e. The van der Waals surface area contributed by atoms with E-state index in [0.717, 1.165) is 12.8 Å². The van der Waals surface area contributed by atoms with Crippen molar-refractivity contribution in [3.63, 3.8) is 0 Å². The van der Waals surface area contributed by atoms with Crippen LogP contribution in [-0.2, 0) is 11.3 Å². The average molecular weight is 332 g/mol. The van der Waals surface area contributed by atoms with Gasteiger partial charge in [-0.1, -0.05) is 23.7 Å².